The SMILES string of the molecule is CC#CC[C@H](C)[C@@H](CCO)O[Si](C(C)C)(C(C)C)C(C)C. The molecule has 2 nitrogen and oxygen atoms in total. The van der Waals surface area contributed by atoms with E-state index in [1.165, 1.54) is 0 Å². The summed E-state index contributed by atoms with van der Waals surface area (Å²) >= 11 is 0. The van der Waals surface area contributed by atoms with Crippen LogP contribution < -0.4 is 0 Å². The maximum absolute atomic E-state index is 9.42. The molecule has 0 aromatic heterocycles. The molecule has 0 saturated heterocycles. The molecule has 0 aromatic rings. The molecular formula is C18H36O2Si. The van der Waals surface area contributed by atoms with Gasteiger partial charge in [0.2, 0.25) is 8.32 Å². The number of rotatable bonds is 9. The number of aliphatic hydroxyl groups excluding tert-OH is 1. The first-order valence-corrected chi connectivity index (χ1v) is 10.6. The fourth-order valence-corrected chi connectivity index (χ4v) is 9.34. The highest BCUT2D eigenvalue weighted by molar-refractivity contribution is 6.77. The van der Waals surface area contributed by atoms with Gasteiger partial charge in [0.1, 0.15) is 0 Å². The summed E-state index contributed by atoms with van der Waals surface area (Å²) in [4.78, 5) is 0. The summed E-state index contributed by atoms with van der Waals surface area (Å²) in [5, 5.41) is 9.42. The number of hydrogen-bond acceptors (Lipinski definition) is 2. The van der Waals surface area contributed by atoms with E-state index in [0.29, 0.717) is 29.0 Å². The average molecular weight is 313 g/mol. The Kier molecular flexibility index (Phi) is 9.52. The predicted octanol–water partition coefficient (Wildman–Crippen LogP) is 4.98. The summed E-state index contributed by atoms with van der Waals surface area (Å²) in [5.74, 6) is 6.50. The maximum Gasteiger partial charge on any atom is 0.200 e. The second-order valence-electron chi connectivity index (χ2n) is 7.09. The van der Waals surface area contributed by atoms with Crippen LogP contribution in [0.5, 0.6) is 0 Å². The van der Waals surface area contributed by atoms with Gasteiger partial charge >= 0.3 is 0 Å². The zero-order valence-electron chi connectivity index (χ0n) is 15.4. The van der Waals surface area contributed by atoms with Gasteiger partial charge in [-0.05, 0) is 35.9 Å². The van der Waals surface area contributed by atoms with Crippen molar-refractivity contribution in [1.29, 1.82) is 0 Å². The van der Waals surface area contributed by atoms with Crippen molar-refractivity contribution in [1.82, 2.24) is 0 Å². The van der Waals surface area contributed by atoms with Crippen LogP contribution in [0.1, 0.15) is 68.2 Å². The maximum atomic E-state index is 9.42. The summed E-state index contributed by atoms with van der Waals surface area (Å²) in [6.07, 6.45) is 1.68. The van der Waals surface area contributed by atoms with Crippen LogP contribution >= 0.6 is 0 Å². The monoisotopic (exact) mass is 312 g/mol. The molecule has 21 heavy (non-hydrogen) atoms. The Hall–Kier alpha value is -0.303. The molecule has 1 N–H and O–H groups in total. The third kappa shape index (κ3) is 5.43. The molecule has 0 aromatic carbocycles. The van der Waals surface area contributed by atoms with Gasteiger partial charge in [-0.25, -0.2) is 0 Å². The van der Waals surface area contributed by atoms with Crippen molar-refractivity contribution in [3.05, 3.63) is 0 Å². The Labute approximate surface area is 133 Å². The molecule has 0 aliphatic rings. The smallest absolute Gasteiger partial charge is 0.200 e. The molecule has 3 heteroatoms. The van der Waals surface area contributed by atoms with Crippen LogP contribution in [0.4, 0.5) is 0 Å². The first kappa shape index (κ1) is 20.7. The van der Waals surface area contributed by atoms with Gasteiger partial charge in [-0.2, -0.15) is 0 Å². The minimum atomic E-state index is -1.89. The minimum absolute atomic E-state index is 0.120. The molecule has 0 saturated carbocycles. The summed E-state index contributed by atoms with van der Waals surface area (Å²) < 4.78 is 6.83. The molecule has 0 radical (unpaired) electrons. The van der Waals surface area contributed by atoms with Crippen molar-refractivity contribution in [3.8, 4) is 11.8 Å². The van der Waals surface area contributed by atoms with Crippen LogP contribution in [0.3, 0.4) is 0 Å². The lowest BCUT2D eigenvalue weighted by atomic mass is 9.99. The Morgan fingerprint density at radius 3 is 1.76 bits per heavy atom. The van der Waals surface area contributed by atoms with Gasteiger partial charge in [0.05, 0.1) is 6.10 Å². The Balaban J connectivity index is 5.34. The molecular weight excluding hydrogens is 276 g/mol. The fraction of sp³-hybridized carbons (Fsp3) is 0.889. The quantitative estimate of drug-likeness (QED) is 0.480. The van der Waals surface area contributed by atoms with E-state index < -0.39 is 8.32 Å². The van der Waals surface area contributed by atoms with Crippen molar-refractivity contribution in [2.24, 2.45) is 5.92 Å². The van der Waals surface area contributed by atoms with Gasteiger partial charge in [0.15, 0.2) is 0 Å². The second-order valence-corrected chi connectivity index (χ2v) is 12.5. The van der Waals surface area contributed by atoms with Gasteiger partial charge in [-0.3, -0.25) is 0 Å². The van der Waals surface area contributed by atoms with Gasteiger partial charge in [0.25, 0.3) is 0 Å². The van der Waals surface area contributed by atoms with E-state index in [1.54, 1.807) is 0 Å². The summed E-state index contributed by atoms with van der Waals surface area (Å²) in [6.45, 7) is 18.1. The predicted molar refractivity (Wildman–Crippen MR) is 94.9 cm³/mol. The van der Waals surface area contributed by atoms with Crippen LogP contribution in [0.2, 0.25) is 16.6 Å². The highest BCUT2D eigenvalue weighted by Crippen LogP contribution is 2.44. The van der Waals surface area contributed by atoms with E-state index in [9.17, 15) is 5.11 Å². The molecule has 2 atom stereocenters. The van der Waals surface area contributed by atoms with Crippen molar-refractivity contribution in [2.75, 3.05) is 6.61 Å². The van der Waals surface area contributed by atoms with Crippen molar-refractivity contribution in [2.45, 2.75) is 91.0 Å². The Bertz CT molecular complexity index is 317. The number of aliphatic hydroxyl groups is 1. The third-order valence-corrected chi connectivity index (χ3v) is 10.8. The third-order valence-electron chi connectivity index (χ3n) is 4.71. The molecule has 0 bridgehead atoms. The zero-order chi connectivity index (χ0) is 16.6. The summed E-state index contributed by atoms with van der Waals surface area (Å²) in [6, 6.07) is 0. The van der Waals surface area contributed by atoms with Crippen LogP contribution in [0.25, 0.3) is 0 Å². The van der Waals surface area contributed by atoms with Crippen LogP contribution in [0, 0.1) is 17.8 Å². The van der Waals surface area contributed by atoms with Crippen molar-refractivity contribution < 1.29 is 9.53 Å². The molecule has 0 aliphatic carbocycles. The van der Waals surface area contributed by atoms with E-state index in [4.69, 9.17) is 4.43 Å². The van der Waals surface area contributed by atoms with E-state index >= 15 is 0 Å². The van der Waals surface area contributed by atoms with Crippen LogP contribution in [-0.2, 0) is 4.43 Å². The molecule has 0 aliphatic heterocycles. The van der Waals surface area contributed by atoms with Gasteiger partial charge in [0, 0.05) is 13.0 Å². The normalized spacial score (nSPS) is 15.2. The summed E-state index contributed by atoms with van der Waals surface area (Å²) in [5.41, 5.74) is 1.72. The first-order valence-electron chi connectivity index (χ1n) is 8.42. The Morgan fingerprint density at radius 2 is 1.43 bits per heavy atom. The van der Waals surface area contributed by atoms with Gasteiger partial charge < -0.3 is 9.53 Å². The lowest BCUT2D eigenvalue weighted by Gasteiger charge is -2.45. The molecule has 0 rings (SSSR count). The van der Waals surface area contributed by atoms with Gasteiger partial charge in [-0.1, -0.05) is 48.5 Å². The fourth-order valence-electron chi connectivity index (χ4n) is 3.65. The summed E-state index contributed by atoms with van der Waals surface area (Å²) in [7, 11) is -1.89. The topological polar surface area (TPSA) is 29.5 Å². The number of hydrogen-bond donors (Lipinski definition) is 1. The Morgan fingerprint density at radius 1 is 0.952 bits per heavy atom. The molecule has 0 unspecified atom stereocenters. The lowest BCUT2D eigenvalue weighted by Crippen LogP contribution is -2.51. The average Bonchev–Trinajstić information content (AvgIpc) is 2.39. The highest BCUT2D eigenvalue weighted by Gasteiger charge is 2.47. The van der Waals surface area contributed by atoms with E-state index in [2.05, 4.69) is 60.3 Å². The largest absolute Gasteiger partial charge is 0.413 e. The standard InChI is InChI=1S/C18H36O2Si/c1-9-10-11-17(8)18(12-13-19)20-21(14(2)3,15(4)5)16(6)7/h14-19H,11-13H2,1-8H3/t17-,18+/m0/s1. The molecule has 0 spiro atoms. The molecule has 0 fully saturated rings. The second kappa shape index (κ2) is 9.66. The van der Waals surface area contributed by atoms with Gasteiger partial charge in [-0.15, -0.1) is 11.8 Å². The van der Waals surface area contributed by atoms with Crippen molar-refractivity contribution in [3.63, 3.8) is 0 Å². The molecule has 0 amide bonds. The zero-order valence-corrected chi connectivity index (χ0v) is 16.4. The lowest BCUT2D eigenvalue weighted by molar-refractivity contribution is 0.0918. The minimum Gasteiger partial charge on any atom is -0.413 e. The van der Waals surface area contributed by atoms with E-state index in [1.807, 2.05) is 6.92 Å². The molecule has 0 heterocycles. The van der Waals surface area contributed by atoms with E-state index in [-0.39, 0.29) is 12.7 Å². The van der Waals surface area contributed by atoms with E-state index in [0.717, 1.165) is 6.42 Å². The highest BCUT2D eigenvalue weighted by atomic mass is 28.4. The van der Waals surface area contributed by atoms with Crippen LogP contribution in [0.15, 0.2) is 0 Å². The van der Waals surface area contributed by atoms with Crippen molar-refractivity contribution >= 4 is 8.32 Å². The van der Waals surface area contributed by atoms with Crippen LogP contribution in [-0.4, -0.2) is 26.1 Å². The first-order chi connectivity index (χ1) is 9.73. The molecule has 124 valence electrons.